The van der Waals surface area contributed by atoms with E-state index in [2.05, 4.69) is 24.3 Å². The molecule has 3 aromatic rings. The molecule has 2 aliphatic heterocycles. The number of halogens is 1. The van der Waals surface area contributed by atoms with Crippen LogP contribution >= 0.6 is 11.6 Å². The molecule has 3 fully saturated rings. The molecular weight excluding hydrogens is 404 g/mol. The highest BCUT2D eigenvalue weighted by Crippen LogP contribution is 2.62. The van der Waals surface area contributed by atoms with Gasteiger partial charge in [0.2, 0.25) is 5.90 Å². The summed E-state index contributed by atoms with van der Waals surface area (Å²) in [6.07, 6.45) is 2.54. The van der Waals surface area contributed by atoms with E-state index in [1.807, 2.05) is 72.8 Å². The fourth-order valence-corrected chi connectivity index (χ4v) is 5.26. The summed E-state index contributed by atoms with van der Waals surface area (Å²) < 4.78 is 6.06. The molecule has 1 saturated carbocycles. The molecule has 6 rings (SSSR count). The summed E-state index contributed by atoms with van der Waals surface area (Å²) >= 11 is 6.17. The van der Waals surface area contributed by atoms with Gasteiger partial charge in [0.15, 0.2) is 0 Å². The number of nitriles is 1. The van der Waals surface area contributed by atoms with Gasteiger partial charge in [-0.1, -0.05) is 90.5 Å². The Morgan fingerprint density at radius 1 is 0.935 bits per heavy atom. The van der Waals surface area contributed by atoms with Crippen molar-refractivity contribution >= 4 is 23.6 Å². The quantitative estimate of drug-likeness (QED) is 0.516. The Balaban J connectivity index is 1.74. The Labute approximate surface area is 187 Å². The average Bonchev–Trinajstić information content (AvgIpc) is 2.81. The highest BCUT2D eigenvalue weighted by atomic mass is 35.5. The monoisotopic (exact) mass is 424 g/mol. The smallest absolute Gasteiger partial charge is 0.203 e. The first-order valence-electron chi connectivity index (χ1n) is 10.4. The number of nitrogens with one attached hydrogen (secondary N) is 1. The van der Waals surface area contributed by atoms with Crippen LogP contribution < -0.4 is 0 Å². The van der Waals surface area contributed by atoms with Crippen molar-refractivity contribution in [1.82, 2.24) is 0 Å². The Bertz CT molecular complexity index is 1180. The molecule has 152 valence electrons. The molecule has 0 amide bonds. The number of nitrogens with zero attached hydrogens (tertiary/aromatic N) is 1. The molecule has 4 atom stereocenters. The maximum atomic E-state index is 10.6. The van der Waals surface area contributed by atoms with Crippen molar-refractivity contribution in [1.29, 1.82) is 10.7 Å². The summed E-state index contributed by atoms with van der Waals surface area (Å²) in [7, 11) is 0. The molecule has 31 heavy (non-hydrogen) atoms. The zero-order valence-corrected chi connectivity index (χ0v) is 17.6. The maximum absolute atomic E-state index is 10.6. The number of ether oxygens (including phenoxy) is 1. The van der Waals surface area contributed by atoms with Crippen LogP contribution in [-0.4, -0.2) is 12.0 Å². The lowest BCUT2D eigenvalue weighted by Gasteiger charge is -2.54. The van der Waals surface area contributed by atoms with E-state index in [1.165, 1.54) is 0 Å². The first kappa shape index (κ1) is 19.6. The van der Waals surface area contributed by atoms with Crippen molar-refractivity contribution in [3.63, 3.8) is 0 Å². The molecule has 2 heterocycles. The number of benzene rings is 3. The maximum Gasteiger partial charge on any atom is 0.203 e. The van der Waals surface area contributed by atoms with Gasteiger partial charge in [-0.3, -0.25) is 5.41 Å². The Kier molecular flexibility index (Phi) is 4.88. The van der Waals surface area contributed by atoms with Crippen LogP contribution in [0.1, 0.15) is 34.9 Å². The Morgan fingerprint density at radius 2 is 1.58 bits per heavy atom. The third-order valence-corrected chi connectivity index (χ3v) is 6.77. The average molecular weight is 425 g/mol. The zero-order chi connectivity index (χ0) is 21.4. The van der Waals surface area contributed by atoms with Crippen LogP contribution in [0, 0.1) is 22.2 Å². The van der Waals surface area contributed by atoms with E-state index < -0.39 is 5.41 Å². The molecule has 2 saturated heterocycles. The highest BCUT2D eigenvalue weighted by molar-refractivity contribution is 6.30. The minimum Gasteiger partial charge on any atom is -0.472 e. The summed E-state index contributed by atoms with van der Waals surface area (Å²) in [6.45, 7) is 0. The highest BCUT2D eigenvalue weighted by Gasteiger charge is 2.63. The van der Waals surface area contributed by atoms with Crippen molar-refractivity contribution in [3.8, 4) is 6.07 Å². The number of fused-ring (bicyclic) bond motifs is 3. The summed E-state index contributed by atoms with van der Waals surface area (Å²) in [5.74, 6) is -0.357. The van der Waals surface area contributed by atoms with E-state index in [-0.39, 0.29) is 23.8 Å². The topological polar surface area (TPSA) is 56.9 Å². The van der Waals surface area contributed by atoms with Gasteiger partial charge in [-0.2, -0.15) is 5.26 Å². The van der Waals surface area contributed by atoms with Crippen molar-refractivity contribution in [2.45, 2.75) is 24.4 Å². The van der Waals surface area contributed by atoms with E-state index in [4.69, 9.17) is 21.7 Å². The van der Waals surface area contributed by atoms with Crippen molar-refractivity contribution in [2.75, 3.05) is 0 Å². The fraction of sp³-hybridized carbons (Fsp3) is 0.185. The lowest BCUT2D eigenvalue weighted by atomic mass is 9.52. The molecule has 4 heteroatoms. The van der Waals surface area contributed by atoms with Gasteiger partial charge in [0.25, 0.3) is 0 Å². The molecule has 3 nitrogen and oxygen atoms in total. The molecule has 0 unspecified atom stereocenters. The summed E-state index contributed by atoms with van der Waals surface area (Å²) in [5, 5.41) is 20.1. The van der Waals surface area contributed by atoms with Crippen LogP contribution in [0.15, 0.2) is 90.5 Å². The van der Waals surface area contributed by atoms with E-state index >= 15 is 0 Å². The van der Waals surface area contributed by atoms with E-state index in [0.717, 1.165) is 22.3 Å². The second kappa shape index (κ2) is 7.72. The molecule has 1 aliphatic carbocycles. The number of hydrogen-bond donors (Lipinski definition) is 1. The van der Waals surface area contributed by atoms with E-state index in [9.17, 15) is 5.26 Å². The SMILES string of the molecule is N#C[C@@]12C(=N)O[C@@H](C[C@H]1c1ccccc1)/C(=C/c1ccccc1)[C@H]2c1ccc(Cl)cc1. The van der Waals surface area contributed by atoms with Gasteiger partial charge in [0, 0.05) is 16.9 Å². The predicted molar refractivity (Wildman–Crippen MR) is 123 cm³/mol. The van der Waals surface area contributed by atoms with Crippen LogP contribution in [0.2, 0.25) is 5.02 Å². The second-order valence-corrected chi connectivity index (χ2v) is 8.59. The van der Waals surface area contributed by atoms with Crippen LogP contribution in [-0.2, 0) is 4.74 Å². The van der Waals surface area contributed by atoms with Gasteiger partial charge in [-0.05, 0) is 40.8 Å². The van der Waals surface area contributed by atoms with Crippen LogP contribution in [0.25, 0.3) is 6.08 Å². The fourth-order valence-electron chi connectivity index (χ4n) is 5.14. The van der Waals surface area contributed by atoms with Crippen molar-refractivity contribution in [3.05, 3.63) is 112 Å². The van der Waals surface area contributed by atoms with Gasteiger partial charge in [0.05, 0.1) is 6.07 Å². The van der Waals surface area contributed by atoms with Crippen molar-refractivity contribution < 1.29 is 4.74 Å². The summed E-state index contributed by atoms with van der Waals surface area (Å²) in [6, 6.07) is 30.4. The Hall–Kier alpha value is -3.35. The summed E-state index contributed by atoms with van der Waals surface area (Å²) in [4.78, 5) is 0. The lowest BCUT2D eigenvalue weighted by molar-refractivity contribution is 0.0616. The van der Waals surface area contributed by atoms with Gasteiger partial charge in [-0.15, -0.1) is 0 Å². The molecule has 2 bridgehead atoms. The normalized spacial score (nSPS) is 28.2. The molecule has 3 aromatic carbocycles. The van der Waals surface area contributed by atoms with Gasteiger partial charge in [-0.25, -0.2) is 0 Å². The lowest BCUT2D eigenvalue weighted by Crippen LogP contribution is -2.56. The largest absolute Gasteiger partial charge is 0.472 e. The van der Waals surface area contributed by atoms with E-state index in [0.29, 0.717) is 11.4 Å². The summed E-state index contributed by atoms with van der Waals surface area (Å²) in [5.41, 5.74) is 3.03. The standard InChI is InChI=1S/C27H21ClN2O/c28-21-13-11-20(12-14-21)25-22(15-18-7-3-1-4-8-18)24-16-23(19-9-5-2-6-10-19)27(25,17-29)26(30)31-24/h1-15,23-25,30H,16H2/b22-15-,30-26?/t23-,24-,25+,27+/m0/s1. The van der Waals surface area contributed by atoms with Gasteiger partial charge in [0.1, 0.15) is 11.5 Å². The molecule has 0 spiro atoms. The Morgan fingerprint density at radius 3 is 2.23 bits per heavy atom. The van der Waals surface area contributed by atoms with E-state index in [1.54, 1.807) is 0 Å². The number of rotatable bonds is 3. The van der Waals surface area contributed by atoms with Crippen LogP contribution in [0.4, 0.5) is 0 Å². The zero-order valence-electron chi connectivity index (χ0n) is 16.8. The third-order valence-electron chi connectivity index (χ3n) is 6.52. The molecule has 3 aliphatic rings. The minimum absolute atomic E-state index is 0.0604. The molecular formula is C27H21ClN2O. The van der Waals surface area contributed by atoms with Crippen LogP contribution in [0.3, 0.4) is 0 Å². The first-order chi connectivity index (χ1) is 15.1. The number of hydrogen-bond acceptors (Lipinski definition) is 3. The second-order valence-electron chi connectivity index (χ2n) is 8.15. The van der Waals surface area contributed by atoms with Gasteiger partial charge < -0.3 is 4.74 Å². The molecule has 0 aromatic heterocycles. The van der Waals surface area contributed by atoms with Crippen molar-refractivity contribution in [2.24, 2.45) is 5.41 Å². The van der Waals surface area contributed by atoms with Crippen LogP contribution in [0.5, 0.6) is 0 Å². The van der Waals surface area contributed by atoms with Gasteiger partial charge >= 0.3 is 0 Å². The molecule has 1 N–H and O–H groups in total. The molecule has 0 radical (unpaired) electrons. The predicted octanol–water partition coefficient (Wildman–Crippen LogP) is 6.58. The first-order valence-corrected chi connectivity index (χ1v) is 10.7. The third kappa shape index (κ3) is 3.15. The minimum atomic E-state index is -1.12.